The Bertz CT molecular complexity index is 273. The van der Waals surface area contributed by atoms with Crippen molar-refractivity contribution in [3.8, 4) is 0 Å². The number of thioether (sulfide) groups is 1. The summed E-state index contributed by atoms with van der Waals surface area (Å²) in [4.78, 5) is 4.25. The Morgan fingerprint density at radius 2 is 2.29 bits per heavy atom. The summed E-state index contributed by atoms with van der Waals surface area (Å²) in [7, 11) is 1.83. The molecule has 98 valence electrons. The fraction of sp³-hybridized carbons (Fsp3) is 0.917. The Hall–Kier alpha value is -0.420. The first-order chi connectivity index (χ1) is 8.22. The molecule has 0 aromatic heterocycles. The molecule has 4 nitrogen and oxygen atoms in total. The number of ether oxygens (including phenoxy) is 1. The van der Waals surface area contributed by atoms with Crippen molar-refractivity contribution in [2.45, 2.75) is 25.0 Å². The van der Waals surface area contributed by atoms with E-state index in [1.807, 2.05) is 7.05 Å². The lowest BCUT2D eigenvalue weighted by Crippen LogP contribution is -2.51. The molecule has 17 heavy (non-hydrogen) atoms. The molecule has 2 heterocycles. The highest BCUT2D eigenvalue weighted by Gasteiger charge is 2.33. The van der Waals surface area contributed by atoms with Crippen LogP contribution >= 0.6 is 11.8 Å². The Morgan fingerprint density at radius 3 is 2.82 bits per heavy atom. The second-order valence-electron chi connectivity index (χ2n) is 5.25. The SMILES string of the molecule is CN=C(NCC1CCCS1)NCC1(C)COC1. The third-order valence-electron chi connectivity index (χ3n) is 3.33. The van der Waals surface area contributed by atoms with Gasteiger partial charge < -0.3 is 15.4 Å². The summed E-state index contributed by atoms with van der Waals surface area (Å²) in [6.07, 6.45) is 2.69. The second-order valence-corrected chi connectivity index (χ2v) is 6.65. The van der Waals surface area contributed by atoms with Gasteiger partial charge in [0.1, 0.15) is 0 Å². The maximum atomic E-state index is 5.24. The minimum Gasteiger partial charge on any atom is -0.380 e. The van der Waals surface area contributed by atoms with Crippen LogP contribution in [0.3, 0.4) is 0 Å². The van der Waals surface area contributed by atoms with E-state index in [0.29, 0.717) is 5.41 Å². The molecule has 0 bridgehead atoms. The molecular weight excluding hydrogens is 234 g/mol. The molecule has 2 aliphatic heterocycles. The third kappa shape index (κ3) is 3.78. The third-order valence-corrected chi connectivity index (χ3v) is 4.73. The fourth-order valence-electron chi connectivity index (χ4n) is 2.09. The number of nitrogens with zero attached hydrogens (tertiary/aromatic N) is 1. The van der Waals surface area contributed by atoms with Crippen molar-refractivity contribution in [1.29, 1.82) is 0 Å². The molecule has 0 spiro atoms. The highest BCUT2D eigenvalue weighted by molar-refractivity contribution is 8.00. The van der Waals surface area contributed by atoms with E-state index in [4.69, 9.17) is 4.74 Å². The summed E-state index contributed by atoms with van der Waals surface area (Å²) in [5.41, 5.74) is 0.291. The molecule has 2 saturated heterocycles. The van der Waals surface area contributed by atoms with Gasteiger partial charge in [0.15, 0.2) is 5.96 Å². The van der Waals surface area contributed by atoms with E-state index in [2.05, 4.69) is 34.3 Å². The van der Waals surface area contributed by atoms with Gasteiger partial charge in [-0.1, -0.05) is 6.92 Å². The van der Waals surface area contributed by atoms with Gasteiger partial charge in [0, 0.05) is 30.8 Å². The van der Waals surface area contributed by atoms with E-state index < -0.39 is 0 Å². The lowest BCUT2D eigenvalue weighted by atomic mass is 9.89. The van der Waals surface area contributed by atoms with Gasteiger partial charge in [0.05, 0.1) is 13.2 Å². The molecule has 1 unspecified atom stereocenters. The van der Waals surface area contributed by atoms with Crippen LogP contribution in [-0.2, 0) is 4.74 Å². The van der Waals surface area contributed by atoms with Crippen LogP contribution in [0.25, 0.3) is 0 Å². The van der Waals surface area contributed by atoms with Gasteiger partial charge in [-0.2, -0.15) is 11.8 Å². The lowest BCUT2D eigenvalue weighted by Gasteiger charge is -2.38. The molecule has 2 N–H and O–H groups in total. The highest BCUT2D eigenvalue weighted by Crippen LogP contribution is 2.26. The summed E-state index contributed by atoms with van der Waals surface area (Å²) >= 11 is 2.07. The molecule has 0 aliphatic carbocycles. The molecule has 2 fully saturated rings. The van der Waals surface area contributed by atoms with Gasteiger partial charge in [0.2, 0.25) is 0 Å². The zero-order valence-corrected chi connectivity index (χ0v) is 11.6. The lowest BCUT2D eigenvalue weighted by molar-refractivity contribution is -0.0971. The Kier molecular flexibility index (Phi) is 4.56. The highest BCUT2D eigenvalue weighted by atomic mass is 32.2. The van der Waals surface area contributed by atoms with E-state index in [9.17, 15) is 0 Å². The van der Waals surface area contributed by atoms with Crippen LogP contribution in [0.4, 0.5) is 0 Å². The smallest absolute Gasteiger partial charge is 0.191 e. The largest absolute Gasteiger partial charge is 0.380 e. The Balaban J connectivity index is 1.65. The van der Waals surface area contributed by atoms with E-state index in [1.165, 1.54) is 18.6 Å². The molecule has 0 radical (unpaired) electrons. The van der Waals surface area contributed by atoms with E-state index in [0.717, 1.165) is 37.5 Å². The molecule has 0 aromatic rings. The van der Waals surface area contributed by atoms with Crippen LogP contribution in [0.1, 0.15) is 19.8 Å². The monoisotopic (exact) mass is 257 g/mol. The van der Waals surface area contributed by atoms with Crippen molar-refractivity contribution in [3.05, 3.63) is 0 Å². The Labute approximate surface area is 108 Å². The molecule has 1 atom stereocenters. The molecule has 0 saturated carbocycles. The van der Waals surface area contributed by atoms with Crippen molar-refractivity contribution in [1.82, 2.24) is 10.6 Å². The maximum absolute atomic E-state index is 5.24. The predicted molar refractivity (Wildman–Crippen MR) is 73.8 cm³/mol. The van der Waals surface area contributed by atoms with E-state index in [1.54, 1.807) is 0 Å². The summed E-state index contributed by atoms with van der Waals surface area (Å²) in [5.74, 6) is 2.24. The Morgan fingerprint density at radius 1 is 1.47 bits per heavy atom. The van der Waals surface area contributed by atoms with Crippen LogP contribution in [0, 0.1) is 5.41 Å². The number of guanidine groups is 1. The van der Waals surface area contributed by atoms with Crippen molar-refractivity contribution < 1.29 is 4.74 Å². The zero-order chi connectivity index (χ0) is 12.1. The summed E-state index contributed by atoms with van der Waals surface area (Å²) in [6, 6.07) is 0. The van der Waals surface area contributed by atoms with Gasteiger partial charge in [-0.05, 0) is 18.6 Å². The minimum atomic E-state index is 0.291. The number of hydrogen-bond acceptors (Lipinski definition) is 3. The van der Waals surface area contributed by atoms with Gasteiger partial charge >= 0.3 is 0 Å². The normalized spacial score (nSPS) is 27.6. The van der Waals surface area contributed by atoms with Crippen LogP contribution in [0.2, 0.25) is 0 Å². The van der Waals surface area contributed by atoms with Crippen molar-refractivity contribution in [2.24, 2.45) is 10.4 Å². The standard InChI is InChI=1S/C12H23N3OS/c1-12(8-16-9-12)7-15-11(13-2)14-6-10-4-3-5-17-10/h10H,3-9H2,1-2H3,(H2,13,14,15). The zero-order valence-electron chi connectivity index (χ0n) is 10.8. The number of hydrogen-bond donors (Lipinski definition) is 2. The van der Waals surface area contributed by atoms with Gasteiger partial charge in [-0.25, -0.2) is 0 Å². The average molecular weight is 257 g/mol. The van der Waals surface area contributed by atoms with E-state index in [-0.39, 0.29) is 0 Å². The van der Waals surface area contributed by atoms with Crippen LogP contribution < -0.4 is 10.6 Å². The summed E-state index contributed by atoms with van der Waals surface area (Å²) in [5, 5.41) is 7.56. The first kappa shape index (κ1) is 13.0. The molecule has 5 heteroatoms. The van der Waals surface area contributed by atoms with Crippen molar-refractivity contribution >= 4 is 17.7 Å². The number of nitrogens with one attached hydrogen (secondary N) is 2. The maximum Gasteiger partial charge on any atom is 0.191 e. The molecule has 2 aliphatic rings. The van der Waals surface area contributed by atoms with Gasteiger partial charge in [-0.3, -0.25) is 4.99 Å². The van der Waals surface area contributed by atoms with Crippen molar-refractivity contribution in [3.63, 3.8) is 0 Å². The summed E-state index contributed by atoms with van der Waals surface area (Å²) < 4.78 is 5.24. The quantitative estimate of drug-likeness (QED) is 0.584. The summed E-state index contributed by atoms with van der Waals surface area (Å²) in [6.45, 7) is 5.91. The number of rotatable bonds is 4. The van der Waals surface area contributed by atoms with Gasteiger partial charge in [-0.15, -0.1) is 0 Å². The van der Waals surface area contributed by atoms with Crippen LogP contribution in [0.5, 0.6) is 0 Å². The second kappa shape index (κ2) is 5.96. The first-order valence-electron chi connectivity index (χ1n) is 6.36. The molecule has 0 amide bonds. The minimum absolute atomic E-state index is 0.291. The van der Waals surface area contributed by atoms with Crippen LogP contribution in [0.15, 0.2) is 4.99 Å². The van der Waals surface area contributed by atoms with Crippen LogP contribution in [-0.4, -0.2) is 50.3 Å². The van der Waals surface area contributed by atoms with Crippen molar-refractivity contribution in [2.75, 3.05) is 39.1 Å². The fourth-order valence-corrected chi connectivity index (χ4v) is 3.29. The molecular formula is C12H23N3OS. The van der Waals surface area contributed by atoms with E-state index >= 15 is 0 Å². The molecule has 0 aromatic carbocycles. The van der Waals surface area contributed by atoms with Gasteiger partial charge in [0.25, 0.3) is 0 Å². The topological polar surface area (TPSA) is 45.7 Å². The predicted octanol–water partition coefficient (Wildman–Crippen LogP) is 1.08. The first-order valence-corrected chi connectivity index (χ1v) is 7.41. The average Bonchev–Trinajstić information content (AvgIpc) is 2.80. The number of aliphatic imine (C=N–C) groups is 1. The molecule has 2 rings (SSSR count).